The predicted octanol–water partition coefficient (Wildman–Crippen LogP) is 6.15. The summed E-state index contributed by atoms with van der Waals surface area (Å²) in [6.07, 6.45) is 0.890. The number of nitrogens with zero attached hydrogens (tertiary/aromatic N) is 3. The maximum Gasteiger partial charge on any atom is 0.410 e. The first kappa shape index (κ1) is 29.9. The van der Waals surface area contributed by atoms with Crippen molar-refractivity contribution in [3.63, 3.8) is 0 Å². The van der Waals surface area contributed by atoms with Crippen LogP contribution in [-0.4, -0.2) is 62.9 Å². The number of hydrogen-bond donors (Lipinski definition) is 1. The molecule has 1 aliphatic rings. The normalized spacial score (nSPS) is 14.8. The molecular weight excluding hydrogens is 544 g/mol. The van der Waals surface area contributed by atoms with Crippen molar-refractivity contribution in [2.75, 3.05) is 19.7 Å². The van der Waals surface area contributed by atoms with Crippen LogP contribution in [0, 0.1) is 0 Å². The zero-order valence-corrected chi connectivity index (χ0v) is 25.1. The highest BCUT2D eigenvalue weighted by Gasteiger charge is 2.32. The Morgan fingerprint density at radius 2 is 1.51 bits per heavy atom. The van der Waals surface area contributed by atoms with Crippen LogP contribution in [0.15, 0.2) is 89.7 Å². The van der Waals surface area contributed by atoms with Crippen molar-refractivity contribution in [3.05, 3.63) is 107 Å². The summed E-state index contributed by atoms with van der Waals surface area (Å²) in [6, 6.07) is 26.8. The van der Waals surface area contributed by atoms with Gasteiger partial charge in [0.05, 0.1) is 17.1 Å². The summed E-state index contributed by atoms with van der Waals surface area (Å²) >= 11 is 0. The second-order valence-electron chi connectivity index (χ2n) is 12.0. The van der Waals surface area contributed by atoms with Gasteiger partial charge in [0, 0.05) is 25.7 Å². The first-order valence-electron chi connectivity index (χ1n) is 14.9. The molecule has 0 aliphatic carbocycles. The zero-order chi connectivity index (χ0) is 30.4. The third kappa shape index (κ3) is 7.66. The minimum absolute atomic E-state index is 0.00735. The van der Waals surface area contributed by atoms with Crippen LogP contribution in [-0.2, 0) is 22.4 Å². The van der Waals surface area contributed by atoms with E-state index in [-0.39, 0.29) is 18.3 Å². The van der Waals surface area contributed by atoms with Gasteiger partial charge in [-0.3, -0.25) is 9.47 Å². The Bertz CT molecular complexity index is 1570. The Morgan fingerprint density at radius 1 is 0.907 bits per heavy atom. The average Bonchev–Trinajstić information content (AvgIpc) is 3.33. The molecule has 1 aromatic heterocycles. The van der Waals surface area contributed by atoms with Crippen molar-refractivity contribution in [2.24, 2.45) is 0 Å². The molecule has 1 atom stereocenters. The smallest absolute Gasteiger partial charge is 0.410 e. The van der Waals surface area contributed by atoms with E-state index in [1.165, 1.54) is 0 Å². The highest BCUT2D eigenvalue weighted by atomic mass is 16.6. The summed E-state index contributed by atoms with van der Waals surface area (Å²) in [6.45, 7) is 6.79. The van der Waals surface area contributed by atoms with Gasteiger partial charge in [-0.05, 0) is 63.3 Å². The van der Waals surface area contributed by atoms with Gasteiger partial charge in [0.1, 0.15) is 12.2 Å². The average molecular weight is 585 g/mol. The first-order valence-corrected chi connectivity index (χ1v) is 14.9. The fourth-order valence-electron chi connectivity index (χ4n) is 5.59. The summed E-state index contributed by atoms with van der Waals surface area (Å²) in [7, 11) is 0. The fourth-order valence-corrected chi connectivity index (χ4v) is 5.59. The van der Waals surface area contributed by atoms with Gasteiger partial charge in [-0.2, -0.15) is 0 Å². The molecule has 2 amide bonds. The van der Waals surface area contributed by atoms with E-state index in [1.807, 2.05) is 106 Å². The minimum Gasteiger partial charge on any atom is -0.447 e. The van der Waals surface area contributed by atoms with Gasteiger partial charge in [-0.15, -0.1) is 0 Å². The first-order chi connectivity index (χ1) is 20.7. The van der Waals surface area contributed by atoms with Crippen molar-refractivity contribution in [2.45, 2.75) is 64.3 Å². The summed E-state index contributed by atoms with van der Waals surface area (Å²) < 4.78 is 13.5. The van der Waals surface area contributed by atoms with Gasteiger partial charge in [-0.1, -0.05) is 72.8 Å². The van der Waals surface area contributed by atoms with E-state index < -0.39 is 23.8 Å². The molecular formula is C34H40N4O5. The second-order valence-corrected chi connectivity index (χ2v) is 12.0. The van der Waals surface area contributed by atoms with Gasteiger partial charge >= 0.3 is 17.9 Å². The molecule has 1 fully saturated rings. The van der Waals surface area contributed by atoms with Gasteiger partial charge in [0.15, 0.2) is 0 Å². The van der Waals surface area contributed by atoms with Crippen LogP contribution in [0.1, 0.15) is 50.8 Å². The third-order valence-electron chi connectivity index (χ3n) is 7.69. The van der Waals surface area contributed by atoms with Crippen molar-refractivity contribution >= 4 is 23.2 Å². The maximum absolute atomic E-state index is 13.5. The number of para-hydroxylation sites is 2. The molecule has 4 aromatic rings. The summed E-state index contributed by atoms with van der Waals surface area (Å²) in [4.78, 5) is 45.8. The number of carbonyl (C=O) groups is 2. The maximum atomic E-state index is 13.5. The number of carbonyl (C=O) groups excluding carboxylic acids is 2. The SMILES string of the molecule is CC(C)(C)OC(=O)N(Cc1ccccc1)[C@H](COC(=O)N1CCC(n2c(=O)[nH]c3ccccc32)CC1)Cc1ccccc1. The number of imidazole rings is 1. The lowest BCUT2D eigenvalue weighted by molar-refractivity contribution is 0.00184. The molecule has 43 heavy (non-hydrogen) atoms. The lowest BCUT2D eigenvalue weighted by Gasteiger charge is -2.35. The van der Waals surface area contributed by atoms with Crippen molar-refractivity contribution in [1.82, 2.24) is 19.4 Å². The van der Waals surface area contributed by atoms with E-state index in [2.05, 4.69) is 4.98 Å². The monoisotopic (exact) mass is 584 g/mol. The lowest BCUT2D eigenvalue weighted by atomic mass is 10.0. The van der Waals surface area contributed by atoms with Gasteiger partial charge < -0.3 is 19.4 Å². The van der Waals surface area contributed by atoms with Crippen molar-refractivity contribution in [3.8, 4) is 0 Å². The van der Waals surface area contributed by atoms with Gasteiger partial charge in [0.25, 0.3) is 0 Å². The summed E-state index contributed by atoms with van der Waals surface area (Å²) in [5.74, 6) is 0. The topological polar surface area (TPSA) is 96.9 Å². The second kappa shape index (κ2) is 13.2. The highest BCUT2D eigenvalue weighted by molar-refractivity contribution is 5.75. The van der Waals surface area contributed by atoms with E-state index in [0.29, 0.717) is 38.9 Å². The van der Waals surface area contributed by atoms with Crippen LogP contribution in [0.4, 0.5) is 9.59 Å². The summed E-state index contributed by atoms with van der Waals surface area (Å²) in [5, 5.41) is 0. The van der Waals surface area contributed by atoms with E-state index in [9.17, 15) is 14.4 Å². The molecule has 1 saturated heterocycles. The number of piperidine rings is 1. The Kier molecular flexibility index (Phi) is 9.19. The van der Waals surface area contributed by atoms with E-state index in [4.69, 9.17) is 9.47 Å². The number of nitrogens with one attached hydrogen (secondary N) is 1. The number of benzene rings is 3. The zero-order valence-electron chi connectivity index (χ0n) is 25.1. The molecule has 9 nitrogen and oxygen atoms in total. The number of fused-ring (bicyclic) bond motifs is 1. The molecule has 226 valence electrons. The fraction of sp³-hybridized carbons (Fsp3) is 0.382. The van der Waals surface area contributed by atoms with Gasteiger partial charge in [0.2, 0.25) is 0 Å². The van der Waals surface area contributed by atoms with Crippen LogP contribution in [0.2, 0.25) is 0 Å². The van der Waals surface area contributed by atoms with Crippen LogP contribution in [0.25, 0.3) is 11.0 Å². The standard InChI is InChI=1S/C34H40N4O5/c1-34(2,3)43-33(41)37(23-26-14-8-5-9-15-26)28(22-25-12-6-4-7-13-25)24-42-32(40)36-20-18-27(19-21-36)38-30-17-11-10-16-29(30)35-31(38)39/h4-17,27-28H,18-24H2,1-3H3,(H,35,39)/t28-/m0/s1. The Balaban J connectivity index is 1.29. The van der Waals surface area contributed by atoms with Crippen LogP contribution in [0.3, 0.4) is 0 Å². The molecule has 0 radical (unpaired) electrons. The van der Waals surface area contributed by atoms with Crippen molar-refractivity contribution < 1.29 is 19.1 Å². The Labute approximate surface area is 252 Å². The molecule has 1 N–H and O–H groups in total. The molecule has 0 unspecified atom stereocenters. The van der Waals surface area contributed by atoms with Gasteiger partial charge in [-0.25, -0.2) is 14.4 Å². The molecule has 3 aromatic carbocycles. The number of H-pyrrole nitrogens is 1. The predicted molar refractivity (Wildman–Crippen MR) is 166 cm³/mol. The summed E-state index contributed by atoms with van der Waals surface area (Å²) in [5.41, 5.74) is 2.84. The van der Waals surface area contributed by atoms with Crippen LogP contribution >= 0.6 is 0 Å². The molecule has 2 heterocycles. The molecule has 0 bridgehead atoms. The number of hydrogen-bond acceptors (Lipinski definition) is 5. The number of ether oxygens (including phenoxy) is 2. The molecule has 0 saturated carbocycles. The molecule has 5 rings (SSSR count). The van der Waals surface area contributed by atoms with Crippen LogP contribution in [0.5, 0.6) is 0 Å². The van der Waals surface area contributed by atoms with Crippen LogP contribution < -0.4 is 5.69 Å². The third-order valence-corrected chi connectivity index (χ3v) is 7.69. The van der Waals surface area contributed by atoms with E-state index >= 15 is 0 Å². The molecule has 0 spiro atoms. The number of likely N-dealkylation sites (tertiary alicyclic amines) is 1. The minimum atomic E-state index is -0.683. The van der Waals surface area contributed by atoms with E-state index in [0.717, 1.165) is 22.2 Å². The largest absolute Gasteiger partial charge is 0.447 e. The number of amides is 2. The highest BCUT2D eigenvalue weighted by Crippen LogP contribution is 2.26. The Morgan fingerprint density at radius 3 is 2.16 bits per heavy atom. The number of aromatic nitrogens is 2. The van der Waals surface area contributed by atoms with Crippen molar-refractivity contribution in [1.29, 1.82) is 0 Å². The number of aromatic amines is 1. The Hall–Kier alpha value is -4.53. The quantitative estimate of drug-likeness (QED) is 0.268. The molecule has 1 aliphatic heterocycles. The lowest BCUT2D eigenvalue weighted by Crippen LogP contribution is -2.47. The number of rotatable bonds is 8. The molecule has 9 heteroatoms. The van der Waals surface area contributed by atoms with E-state index in [1.54, 1.807) is 14.4 Å².